The molecular formula is C26H13F9O. The largest absolute Gasteiger partial charge is 0.429 e. The van der Waals surface area contributed by atoms with Crippen LogP contribution in [0.25, 0.3) is 22.3 Å². The van der Waals surface area contributed by atoms with Crippen molar-refractivity contribution in [1.82, 2.24) is 0 Å². The summed E-state index contributed by atoms with van der Waals surface area (Å²) < 4.78 is 130. The molecule has 0 unspecified atom stereocenters. The fourth-order valence-corrected chi connectivity index (χ4v) is 3.50. The second kappa shape index (κ2) is 9.25. The van der Waals surface area contributed by atoms with Gasteiger partial charge in [-0.1, -0.05) is 30.3 Å². The maximum Gasteiger partial charge on any atom is 0.429 e. The van der Waals surface area contributed by atoms with E-state index in [1.165, 1.54) is 25.1 Å². The third-order valence-electron chi connectivity index (χ3n) is 5.35. The second-order valence-electron chi connectivity index (χ2n) is 7.77. The van der Waals surface area contributed by atoms with Crippen molar-refractivity contribution in [3.05, 3.63) is 113 Å². The summed E-state index contributed by atoms with van der Waals surface area (Å²) in [5.74, 6) is -11.4. The number of halogens is 9. The van der Waals surface area contributed by atoms with Crippen LogP contribution in [-0.4, -0.2) is 0 Å². The van der Waals surface area contributed by atoms with Gasteiger partial charge in [-0.2, -0.15) is 8.78 Å². The third kappa shape index (κ3) is 4.62. The summed E-state index contributed by atoms with van der Waals surface area (Å²) in [5.41, 5.74) is -1.92. The zero-order chi connectivity index (χ0) is 26.4. The second-order valence-corrected chi connectivity index (χ2v) is 7.77. The van der Waals surface area contributed by atoms with Crippen molar-refractivity contribution in [2.45, 2.75) is 13.0 Å². The van der Waals surface area contributed by atoms with Crippen LogP contribution in [0.3, 0.4) is 0 Å². The molecule has 0 saturated heterocycles. The number of aryl methyl sites for hydroxylation is 1. The molecule has 0 N–H and O–H groups in total. The Kier molecular flexibility index (Phi) is 6.46. The lowest BCUT2D eigenvalue weighted by Crippen LogP contribution is -2.23. The van der Waals surface area contributed by atoms with E-state index in [0.29, 0.717) is 12.1 Å². The number of ether oxygens (including phenoxy) is 1. The van der Waals surface area contributed by atoms with Crippen molar-refractivity contribution in [1.29, 1.82) is 0 Å². The Balaban J connectivity index is 1.64. The summed E-state index contributed by atoms with van der Waals surface area (Å²) in [6.07, 6.45) is -4.44. The highest BCUT2D eigenvalue weighted by Gasteiger charge is 2.38. The van der Waals surface area contributed by atoms with Crippen molar-refractivity contribution in [3.8, 4) is 28.0 Å². The molecule has 0 fully saturated rings. The lowest BCUT2D eigenvalue weighted by Gasteiger charge is -2.19. The van der Waals surface area contributed by atoms with Gasteiger partial charge in [-0.3, -0.25) is 0 Å². The molecule has 0 aliphatic carbocycles. The van der Waals surface area contributed by atoms with Gasteiger partial charge >= 0.3 is 6.11 Å². The minimum absolute atomic E-state index is 0.0107. The zero-order valence-corrected chi connectivity index (χ0v) is 18.1. The van der Waals surface area contributed by atoms with Crippen LogP contribution in [-0.2, 0) is 6.11 Å². The first-order valence-electron chi connectivity index (χ1n) is 10.2. The number of alkyl halides is 2. The van der Waals surface area contributed by atoms with E-state index in [1.807, 2.05) is 0 Å². The molecule has 0 atom stereocenters. The fraction of sp³-hybridized carbons (Fsp3) is 0.0769. The average molecular weight is 512 g/mol. The molecule has 0 heterocycles. The van der Waals surface area contributed by atoms with Gasteiger partial charge in [0.1, 0.15) is 17.4 Å². The Morgan fingerprint density at radius 2 is 1.11 bits per heavy atom. The maximum absolute atomic E-state index is 14.8. The van der Waals surface area contributed by atoms with Gasteiger partial charge in [-0.25, -0.2) is 30.7 Å². The van der Waals surface area contributed by atoms with Gasteiger partial charge in [0.2, 0.25) is 0 Å². The Morgan fingerprint density at radius 1 is 0.556 bits per heavy atom. The summed E-state index contributed by atoms with van der Waals surface area (Å²) in [5, 5.41) is 0. The molecule has 10 heteroatoms. The van der Waals surface area contributed by atoms with E-state index >= 15 is 0 Å². The lowest BCUT2D eigenvalue weighted by molar-refractivity contribution is -0.187. The molecule has 0 amide bonds. The third-order valence-corrected chi connectivity index (χ3v) is 5.35. The molecular weight excluding hydrogens is 499 g/mol. The normalized spacial score (nSPS) is 11.6. The molecule has 0 aliphatic heterocycles. The predicted octanol–water partition coefficient (Wildman–Crippen LogP) is 8.43. The van der Waals surface area contributed by atoms with E-state index in [2.05, 4.69) is 4.74 Å². The zero-order valence-electron chi connectivity index (χ0n) is 18.1. The molecule has 36 heavy (non-hydrogen) atoms. The Labute approximate surface area is 198 Å². The van der Waals surface area contributed by atoms with E-state index < -0.39 is 58.1 Å². The number of hydrogen-bond acceptors (Lipinski definition) is 1. The molecule has 1 nitrogen and oxygen atoms in total. The summed E-state index contributed by atoms with van der Waals surface area (Å²) in [6, 6.07) is 8.24. The van der Waals surface area contributed by atoms with Crippen molar-refractivity contribution in [2.24, 2.45) is 0 Å². The Bertz CT molecular complexity index is 1460. The molecule has 4 aromatic carbocycles. The summed E-state index contributed by atoms with van der Waals surface area (Å²) >= 11 is 0. The SMILES string of the molecule is Cc1ccc(-c2ccc(-c3ccc(C(F)(F)Oc4cc(F)c(F)c(F)c4)c(F)c3)c(F)c2)c(F)c1F. The molecule has 0 spiro atoms. The van der Waals surface area contributed by atoms with Crippen LogP contribution >= 0.6 is 0 Å². The van der Waals surface area contributed by atoms with Crippen LogP contribution in [0, 0.1) is 47.6 Å². The van der Waals surface area contributed by atoms with E-state index in [0.717, 1.165) is 18.2 Å². The van der Waals surface area contributed by atoms with Crippen LogP contribution < -0.4 is 4.74 Å². The summed E-state index contributed by atoms with van der Waals surface area (Å²) in [4.78, 5) is 0. The summed E-state index contributed by atoms with van der Waals surface area (Å²) in [6.45, 7) is 1.36. The number of hydrogen-bond donors (Lipinski definition) is 0. The standard InChI is InChI=1S/C26H13F9O/c1-12-2-5-17(24(32)23(12)31)14-3-6-16(19(27)8-14)13-4-7-18(20(28)9-13)26(34,35)36-15-10-21(29)25(33)22(30)11-15/h2-11H,1H3. The lowest BCUT2D eigenvalue weighted by atomic mass is 9.97. The average Bonchev–Trinajstić information content (AvgIpc) is 2.80. The van der Waals surface area contributed by atoms with Crippen molar-refractivity contribution in [2.75, 3.05) is 0 Å². The van der Waals surface area contributed by atoms with Crippen LogP contribution in [0.1, 0.15) is 11.1 Å². The summed E-state index contributed by atoms with van der Waals surface area (Å²) in [7, 11) is 0. The molecule has 0 aromatic heterocycles. The molecule has 0 aliphatic rings. The monoisotopic (exact) mass is 512 g/mol. The van der Waals surface area contributed by atoms with Crippen LogP contribution in [0.4, 0.5) is 39.5 Å². The molecule has 0 radical (unpaired) electrons. The van der Waals surface area contributed by atoms with Crippen LogP contribution in [0.2, 0.25) is 0 Å². The minimum atomic E-state index is -4.44. The van der Waals surface area contributed by atoms with Crippen LogP contribution in [0.15, 0.2) is 60.7 Å². The molecule has 0 saturated carbocycles. The molecule has 4 aromatic rings. The molecule has 186 valence electrons. The quantitative estimate of drug-likeness (QED) is 0.193. The van der Waals surface area contributed by atoms with E-state index in [9.17, 15) is 39.5 Å². The highest BCUT2D eigenvalue weighted by Crippen LogP contribution is 2.37. The first kappa shape index (κ1) is 25.2. The van der Waals surface area contributed by atoms with Gasteiger partial charge in [0, 0.05) is 23.3 Å². The van der Waals surface area contributed by atoms with Gasteiger partial charge < -0.3 is 4.74 Å². The number of rotatable bonds is 5. The van der Waals surface area contributed by atoms with Gasteiger partial charge in [-0.15, -0.1) is 0 Å². The van der Waals surface area contributed by atoms with E-state index in [4.69, 9.17) is 0 Å². The first-order chi connectivity index (χ1) is 16.9. The highest BCUT2D eigenvalue weighted by atomic mass is 19.3. The first-order valence-corrected chi connectivity index (χ1v) is 10.2. The Morgan fingerprint density at radius 3 is 1.72 bits per heavy atom. The smallest absolute Gasteiger partial charge is 0.429 e. The van der Waals surface area contributed by atoms with Gasteiger partial charge in [0.05, 0.1) is 5.56 Å². The maximum atomic E-state index is 14.8. The Hall–Kier alpha value is -3.95. The van der Waals surface area contributed by atoms with Crippen molar-refractivity contribution in [3.63, 3.8) is 0 Å². The van der Waals surface area contributed by atoms with E-state index in [-0.39, 0.29) is 39.9 Å². The number of benzene rings is 4. The molecule has 4 rings (SSSR count). The highest BCUT2D eigenvalue weighted by molar-refractivity contribution is 5.72. The van der Waals surface area contributed by atoms with Gasteiger partial charge in [0.25, 0.3) is 0 Å². The van der Waals surface area contributed by atoms with Gasteiger partial charge in [0.15, 0.2) is 29.1 Å². The minimum Gasteiger partial charge on any atom is -0.429 e. The fourth-order valence-electron chi connectivity index (χ4n) is 3.50. The van der Waals surface area contributed by atoms with Crippen molar-refractivity contribution < 1.29 is 44.3 Å². The van der Waals surface area contributed by atoms with Crippen LogP contribution in [0.5, 0.6) is 5.75 Å². The topological polar surface area (TPSA) is 9.23 Å². The van der Waals surface area contributed by atoms with E-state index in [1.54, 1.807) is 0 Å². The molecule has 0 bridgehead atoms. The van der Waals surface area contributed by atoms with Crippen molar-refractivity contribution >= 4 is 0 Å². The predicted molar refractivity (Wildman–Crippen MR) is 113 cm³/mol. The van der Waals surface area contributed by atoms with Gasteiger partial charge in [-0.05, 0) is 41.8 Å².